The maximum atomic E-state index is 14.3. The number of hydrogen-bond donors (Lipinski definition) is 0. The van der Waals surface area contributed by atoms with E-state index >= 15 is 0 Å². The monoisotopic (exact) mass is 554 g/mol. The first kappa shape index (κ1) is 25.2. The number of allylic oxidation sites excluding steroid dienone is 4. The van der Waals surface area contributed by atoms with Gasteiger partial charge in [0, 0.05) is 11.8 Å². The van der Waals surface area contributed by atoms with Crippen molar-refractivity contribution in [1.29, 1.82) is 0 Å². The number of amides is 4. The number of aryl methyl sites for hydroxylation is 2. The lowest BCUT2D eigenvalue weighted by molar-refractivity contribution is -0.129. The molecule has 42 heavy (non-hydrogen) atoms. The molecule has 2 saturated heterocycles. The van der Waals surface area contributed by atoms with Crippen LogP contribution in [0.2, 0.25) is 0 Å². The SMILES string of the molecule is Cc1ccc(N2C(=O)[C@H]3[C@@H]4C=C[C@H](C5=C(c6ccccc6)C[C@H]6C(=O)N(c7ccc(C)cc7)C(=O)[C@@H]6[C@H]54)[C@H]3C2=O)cc1. The zero-order valence-corrected chi connectivity index (χ0v) is 23.4. The van der Waals surface area contributed by atoms with Crippen molar-refractivity contribution in [2.45, 2.75) is 20.3 Å². The number of anilines is 2. The lowest BCUT2D eigenvalue weighted by atomic mass is 9.49. The molecular weight excluding hydrogens is 524 g/mol. The normalized spacial score (nSPS) is 31.1. The Morgan fingerprint density at radius 2 is 1.12 bits per heavy atom. The van der Waals surface area contributed by atoms with Gasteiger partial charge in [-0.3, -0.25) is 29.0 Å². The van der Waals surface area contributed by atoms with Gasteiger partial charge in [0.25, 0.3) is 0 Å². The average Bonchev–Trinajstić information content (AvgIpc) is 3.43. The Labute approximate surface area is 244 Å². The van der Waals surface area contributed by atoms with Crippen molar-refractivity contribution in [3.63, 3.8) is 0 Å². The smallest absolute Gasteiger partial charge is 0.238 e. The third-order valence-corrected chi connectivity index (χ3v) is 10.2. The van der Waals surface area contributed by atoms with Crippen molar-refractivity contribution < 1.29 is 19.2 Å². The Bertz CT molecular complexity index is 1740. The summed E-state index contributed by atoms with van der Waals surface area (Å²) >= 11 is 0. The molecule has 3 aromatic rings. The Kier molecular flexibility index (Phi) is 5.37. The molecule has 6 nitrogen and oxygen atoms in total. The molecule has 0 N–H and O–H groups in total. The second kappa shape index (κ2) is 8.96. The van der Waals surface area contributed by atoms with E-state index in [4.69, 9.17) is 0 Å². The number of hydrogen-bond acceptors (Lipinski definition) is 4. The minimum Gasteiger partial charge on any atom is -0.274 e. The third-order valence-electron chi connectivity index (χ3n) is 10.2. The van der Waals surface area contributed by atoms with Crippen molar-refractivity contribution in [3.05, 3.63) is 113 Å². The van der Waals surface area contributed by atoms with E-state index in [0.717, 1.165) is 27.8 Å². The van der Waals surface area contributed by atoms with Crippen molar-refractivity contribution in [2.24, 2.45) is 41.4 Å². The van der Waals surface area contributed by atoms with Crippen LogP contribution in [0.4, 0.5) is 11.4 Å². The van der Waals surface area contributed by atoms with Gasteiger partial charge in [-0.2, -0.15) is 0 Å². The molecule has 208 valence electrons. The van der Waals surface area contributed by atoms with Gasteiger partial charge in [0.2, 0.25) is 23.6 Å². The van der Waals surface area contributed by atoms with Gasteiger partial charge in [-0.1, -0.05) is 83.4 Å². The van der Waals surface area contributed by atoms with E-state index in [9.17, 15) is 19.2 Å². The predicted octanol–water partition coefficient (Wildman–Crippen LogP) is 5.50. The number of benzene rings is 3. The highest BCUT2D eigenvalue weighted by Gasteiger charge is 2.67. The van der Waals surface area contributed by atoms with Crippen LogP contribution >= 0.6 is 0 Å². The minimum absolute atomic E-state index is 0.177. The summed E-state index contributed by atoms with van der Waals surface area (Å²) in [6.45, 7) is 3.95. The summed E-state index contributed by atoms with van der Waals surface area (Å²) in [5.74, 6) is -3.90. The molecule has 1 saturated carbocycles. The molecule has 0 unspecified atom stereocenters. The Morgan fingerprint density at radius 1 is 0.571 bits per heavy atom. The molecule has 7 atom stereocenters. The molecule has 6 aliphatic rings. The van der Waals surface area contributed by atoms with Gasteiger partial charge in [0.05, 0.1) is 35.0 Å². The van der Waals surface area contributed by atoms with Crippen LogP contribution in [0, 0.1) is 55.3 Å². The Morgan fingerprint density at radius 3 is 1.74 bits per heavy atom. The molecule has 0 aromatic heterocycles. The van der Waals surface area contributed by atoms with Crippen molar-refractivity contribution in [3.8, 4) is 0 Å². The quantitative estimate of drug-likeness (QED) is 0.316. The summed E-state index contributed by atoms with van der Waals surface area (Å²) in [4.78, 5) is 59.2. The summed E-state index contributed by atoms with van der Waals surface area (Å²) in [5, 5.41) is 0. The van der Waals surface area contributed by atoms with E-state index in [1.54, 1.807) is 0 Å². The lowest BCUT2D eigenvalue weighted by Crippen LogP contribution is -2.51. The average molecular weight is 555 g/mol. The zero-order chi connectivity index (χ0) is 28.9. The summed E-state index contributed by atoms with van der Waals surface area (Å²) in [7, 11) is 0. The molecule has 2 heterocycles. The first-order valence-corrected chi connectivity index (χ1v) is 14.7. The van der Waals surface area contributed by atoms with Gasteiger partial charge in [0.15, 0.2) is 0 Å². The Hall–Kier alpha value is -4.58. The molecule has 6 heteroatoms. The fraction of sp³-hybridized carbons (Fsp3) is 0.278. The van der Waals surface area contributed by atoms with Crippen LogP contribution in [0.15, 0.2) is 96.6 Å². The molecule has 2 aliphatic heterocycles. The van der Waals surface area contributed by atoms with E-state index in [2.05, 4.69) is 12.2 Å². The van der Waals surface area contributed by atoms with Crippen molar-refractivity contribution >= 4 is 40.6 Å². The minimum atomic E-state index is -0.573. The molecule has 4 amide bonds. The maximum Gasteiger partial charge on any atom is 0.238 e. The summed E-state index contributed by atoms with van der Waals surface area (Å²) in [5.41, 5.74) is 6.38. The second-order valence-electron chi connectivity index (χ2n) is 12.4. The number of rotatable bonds is 3. The van der Waals surface area contributed by atoms with Crippen LogP contribution in [-0.2, 0) is 19.2 Å². The first-order chi connectivity index (χ1) is 20.3. The number of carbonyl (C=O) groups excluding carboxylic acids is 4. The van der Waals surface area contributed by atoms with Crippen LogP contribution in [0.1, 0.15) is 23.1 Å². The molecule has 0 spiro atoms. The highest BCUT2D eigenvalue weighted by molar-refractivity contribution is 6.24. The summed E-state index contributed by atoms with van der Waals surface area (Å²) in [6, 6.07) is 25.0. The third kappa shape index (κ3) is 3.32. The van der Waals surface area contributed by atoms with Gasteiger partial charge >= 0.3 is 0 Å². The number of nitrogens with zero attached hydrogens (tertiary/aromatic N) is 2. The number of carbonyl (C=O) groups is 4. The number of fused-ring (bicyclic) bond motifs is 1. The van der Waals surface area contributed by atoms with E-state index < -0.39 is 23.7 Å². The molecule has 3 fully saturated rings. The van der Waals surface area contributed by atoms with Crippen molar-refractivity contribution in [1.82, 2.24) is 0 Å². The predicted molar refractivity (Wildman–Crippen MR) is 159 cm³/mol. The van der Waals surface area contributed by atoms with Crippen molar-refractivity contribution in [2.75, 3.05) is 9.80 Å². The lowest BCUT2D eigenvalue weighted by Gasteiger charge is -2.51. The van der Waals surface area contributed by atoms with E-state index in [-0.39, 0.29) is 41.4 Å². The molecule has 2 bridgehead atoms. The Balaban J connectivity index is 1.28. The number of imide groups is 2. The molecule has 9 rings (SSSR count). The van der Waals surface area contributed by atoms with Crippen LogP contribution < -0.4 is 9.80 Å². The van der Waals surface area contributed by atoms with Crippen LogP contribution in [0.25, 0.3) is 5.57 Å². The topological polar surface area (TPSA) is 74.8 Å². The van der Waals surface area contributed by atoms with E-state index in [1.807, 2.05) is 92.7 Å². The van der Waals surface area contributed by atoms with Gasteiger partial charge in [-0.15, -0.1) is 0 Å². The van der Waals surface area contributed by atoms with Crippen LogP contribution in [-0.4, -0.2) is 23.6 Å². The van der Waals surface area contributed by atoms with Gasteiger partial charge < -0.3 is 0 Å². The van der Waals surface area contributed by atoms with Gasteiger partial charge in [-0.05, 0) is 61.6 Å². The van der Waals surface area contributed by atoms with E-state index in [0.29, 0.717) is 17.8 Å². The van der Waals surface area contributed by atoms with E-state index in [1.165, 1.54) is 9.80 Å². The largest absolute Gasteiger partial charge is 0.274 e. The zero-order valence-electron chi connectivity index (χ0n) is 23.4. The fourth-order valence-electron chi connectivity index (χ4n) is 8.41. The standard InChI is InChI=1S/C36H30N2O4/c1-19-8-12-22(13-9-19)37-33(39)27-18-26(21-6-4-3-5-7-21)28-24-16-17-25(29(28)32(27)36(37)42)31-30(24)34(40)38(35(31)41)23-14-10-20(2)11-15-23/h3-17,24-25,27,29-32H,18H2,1-2H3/t24-,25-,27-,29+,30-,31+,32+/m1/s1. The van der Waals surface area contributed by atoms with Crippen LogP contribution in [0.5, 0.6) is 0 Å². The maximum absolute atomic E-state index is 14.3. The molecule has 0 radical (unpaired) electrons. The molecular formula is C36H30N2O4. The van der Waals surface area contributed by atoms with Gasteiger partial charge in [-0.25, -0.2) is 0 Å². The highest BCUT2D eigenvalue weighted by atomic mass is 16.2. The second-order valence-corrected chi connectivity index (χ2v) is 12.4. The summed E-state index contributed by atoms with van der Waals surface area (Å²) < 4.78 is 0. The first-order valence-electron chi connectivity index (χ1n) is 14.7. The molecule has 4 aliphatic carbocycles. The summed E-state index contributed by atoms with van der Waals surface area (Å²) in [6.07, 6.45) is 4.58. The van der Waals surface area contributed by atoms with Crippen LogP contribution in [0.3, 0.4) is 0 Å². The highest BCUT2D eigenvalue weighted by Crippen LogP contribution is 2.63. The fourth-order valence-corrected chi connectivity index (χ4v) is 8.41. The molecule has 3 aromatic carbocycles. The van der Waals surface area contributed by atoms with Gasteiger partial charge in [0.1, 0.15) is 0 Å².